The number of hydrogen-bond donors (Lipinski definition) is 0. The number of fused-ring (bicyclic) bond motifs is 1. The molecule has 0 spiro atoms. The quantitative estimate of drug-likeness (QED) is 0.607. The fraction of sp³-hybridized carbons (Fsp3) is 0.125. The van der Waals surface area contributed by atoms with Crippen LogP contribution in [-0.2, 0) is 0 Å². The molecule has 0 amide bonds. The predicted octanol–water partition coefficient (Wildman–Crippen LogP) is 4.78. The molecule has 2 aromatic carbocycles. The Labute approximate surface area is 143 Å². The molecule has 4 nitrogen and oxygen atoms in total. The summed E-state index contributed by atoms with van der Waals surface area (Å²) in [7, 11) is 0. The molecule has 1 heterocycles. The first-order valence-corrected chi connectivity index (χ1v) is 8.20. The minimum absolute atomic E-state index is 0.240. The molecule has 0 fully saturated rings. The van der Waals surface area contributed by atoms with Crippen LogP contribution in [0.15, 0.2) is 54.6 Å². The van der Waals surface area contributed by atoms with E-state index in [-0.39, 0.29) is 5.89 Å². The van der Waals surface area contributed by atoms with E-state index < -0.39 is 5.63 Å². The maximum Gasteiger partial charge on any atom is 0.347 e. The van der Waals surface area contributed by atoms with E-state index >= 15 is 0 Å². The van der Waals surface area contributed by atoms with Gasteiger partial charge in [-0.25, -0.2) is 9.78 Å². The fourth-order valence-corrected chi connectivity index (χ4v) is 2.83. The second-order valence-electron chi connectivity index (χ2n) is 4.54. The van der Waals surface area contributed by atoms with Gasteiger partial charge < -0.3 is 9.15 Å². The highest BCUT2D eigenvalue weighted by molar-refractivity contribution is 9.10. The summed E-state index contributed by atoms with van der Waals surface area (Å²) in [6, 6.07) is 10.8. The van der Waals surface area contributed by atoms with Crippen LogP contribution in [0, 0.1) is 0 Å². The topological polar surface area (TPSA) is 52.3 Å². The van der Waals surface area contributed by atoms with Gasteiger partial charge in [-0.3, -0.25) is 0 Å². The minimum Gasteiger partial charge on any atom is -0.493 e. The molecule has 112 valence electrons. The van der Waals surface area contributed by atoms with Gasteiger partial charge in [0.1, 0.15) is 5.75 Å². The van der Waals surface area contributed by atoms with Gasteiger partial charge in [-0.1, -0.05) is 31.9 Å². The molecule has 0 saturated carbocycles. The molecule has 0 bridgehead atoms. The molecule has 0 aliphatic carbocycles. The number of benzene rings is 2. The van der Waals surface area contributed by atoms with Crippen molar-refractivity contribution in [3.05, 3.63) is 55.8 Å². The molecule has 0 unspecified atom stereocenters. The van der Waals surface area contributed by atoms with Crippen molar-refractivity contribution >= 4 is 42.8 Å². The summed E-state index contributed by atoms with van der Waals surface area (Å²) >= 11 is 6.75. The van der Waals surface area contributed by atoms with Crippen LogP contribution >= 0.6 is 31.9 Å². The molecule has 0 N–H and O–H groups in total. The van der Waals surface area contributed by atoms with Crippen LogP contribution in [0.25, 0.3) is 22.4 Å². The lowest BCUT2D eigenvalue weighted by atomic mass is 10.2. The Kier molecular flexibility index (Phi) is 4.31. The third-order valence-electron chi connectivity index (χ3n) is 3.06. The van der Waals surface area contributed by atoms with Crippen molar-refractivity contribution in [2.24, 2.45) is 0 Å². The van der Waals surface area contributed by atoms with E-state index in [2.05, 4.69) is 36.8 Å². The number of ether oxygens (including phenoxy) is 1. The number of hydrogen-bond acceptors (Lipinski definition) is 4. The van der Waals surface area contributed by atoms with Crippen molar-refractivity contribution in [3.63, 3.8) is 0 Å². The smallest absolute Gasteiger partial charge is 0.347 e. The molecule has 0 radical (unpaired) electrons. The number of aromatic nitrogens is 1. The van der Waals surface area contributed by atoms with E-state index in [0.717, 1.165) is 8.95 Å². The fourth-order valence-electron chi connectivity index (χ4n) is 2.11. The van der Waals surface area contributed by atoms with Crippen LogP contribution in [0.1, 0.15) is 6.92 Å². The van der Waals surface area contributed by atoms with Crippen LogP contribution in [0.3, 0.4) is 0 Å². The van der Waals surface area contributed by atoms with Gasteiger partial charge in [0, 0.05) is 8.95 Å². The highest BCUT2D eigenvalue weighted by Crippen LogP contribution is 2.32. The second kappa shape index (κ2) is 6.22. The average molecular weight is 425 g/mol. The summed E-state index contributed by atoms with van der Waals surface area (Å²) in [4.78, 5) is 16.6. The SMILES string of the molecule is CCOc1ccc(Br)cc1-c1nc2ccc(Br)cc2c(=O)o1. The summed E-state index contributed by atoms with van der Waals surface area (Å²) in [5, 5.41) is 0.436. The van der Waals surface area contributed by atoms with Gasteiger partial charge >= 0.3 is 5.63 Å². The predicted molar refractivity (Wildman–Crippen MR) is 92.3 cm³/mol. The third kappa shape index (κ3) is 2.94. The van der Waals surface area contributed by atoms with Crippen LogP contribution in [0.4, 0.5) is 0 Å². The Bertz CT molecular complexity index is 906. The summed E-state index contributed by atoms with van der Waals surface area (Å²) in [5.74, 6) is 0.863. The summed E-state index contributed by atoms with van der Waals surface area (Å²) < 4.78 is 12.6. The molecule has 6 heteroatoms. The standard InChI is InChI=1S/C16H11Br2NO3/c1-2-21-14-6-4-10(18)8-12(14)15-19-13-5-3-9(17)7-11(13)16(20)22-15/h3-8H,2H2,1H3. The van der Waals surface area contributed by atoms with Gasteiger partial charge in [-0.15, -0.1) is 0 Å². The van der Waals surface area contributed by atoms with E-state index in [1.54, 1.807) is 12.1 Å². The molecule has 3 aromatic rings. The maximum absolute atomic E-state index is 12.2. The molecule has 0 atom stereocenters. The third-order valence-corrected chi connectivity index (χ3v) is 4.05. The minimum atomic E-state index is -0.427. The zero-order valence-corrected chi connectivity index (χ0v) is 14.8. The Morgan fingerprint density at radius 2 is 1.86 bits per heavy atom. The molecular formula is C16H11Br2NO3. The van der Waals surface area contributed by atoms with E-state index in [9.17, 15) is 4.79 Å². The Morgan fingerprint density at radius 1 is 1.14 bits per heavy atom. The number of nitrogens with zero attached hydrogens (tertiary/aromatic N) is 1. The van der Waals surface area contributed by atoms with Gasteiger partial charge in [0.2, 0.25) is 5.89 Å². The Hall–Kier alpha value is -1.66. The van der Waals surface area contributed by atoms with Crippen LogP contribution in [-0.4, -0.2) is 11.6 Å². The van der Waals surface area contributed by atoms with E-state index in [1.807, 2.05) is 31.2 Å². The summed E-state index contributed by atoms with van der Waals surface area (Å²) in [5.41, 5.74) is 0.791. The summed E-state index contributed by atoms with van der Waals surface area (Å²) in [6.45, 7) is 2.41. The normalized spacial score (nSPS) is 10.9. The van der Waals surface area contributed by atoms with Gasteiger partial charge in [0.25, 0.3) is 0 Å². The Balaban J connectivity index is 2.25. The number of halogens is 2. The van der Waals surface area contributed by atoms with Crippen LogP contribution < -0.4 is 10.4 Å². The van der Waals surface area contributed by atoms with E-state index in [0.29, 0.717) is 28.8 Å². The van der Waals surface area contributed by atoms with Crippen molar-refractivity contribution in [3.8, 4) is 17.2 Å². The van der Waals surface area contributed by atoms with Crippen molar-refractivity contribution in [2.45, 2.75) is 6.92 Å². The maximum atomic E-state index is 12.2. The first kappa shape index (κ1) is 15.2. The van der Waals surface area contributed by atoms with Gasteiger partial charge in [0.15, 0.2) is 0 Å². The monoisotopic (exact) mass is 423 g/mol. The first-order chi connectivity index (χ1) is 10.6. The van der Waals surface area contributed by atoms with Crippen LogP contribution in [0.5, 0.6) is 5.75 Å². The first-order valence-electron chi connectivity index (χ1n) is 6.61. The van der Waals surface area contributed by atoms with Gasteiger partial charge in [0.05, 0.1) is 23.1 Å². The van der Waals surface area contributed by atoms with Crippen molar-refractivity contribution < 1.29 is 9.15 Å². The van der Waals surface area contributed by atoms with Crippen LogP contribution in [0.2, 0.25) is 0 Å². The summed E-state index contributed by atoms with van der Waals surface area (Å²) in [6.07, 6.45) is 0. The van der Waals surface area contributed by atoms with Gasteiger partial charge in [-0.05, 0) is 43.3 Å². The van der Waals surface area contributed by atoms with Crippen molar-refractivity contribution in [1.29, 1.82) is 0 Å². The highest BCUT2D eigenvalue weighted by Gasteiger charge is 2.14. The van der Waals surface area contributed by atoms with E-state index in [4.69, 9.17) is 9.15 Å². The average Bonchev–Trinajstić information content (AvgIpc) is 2.50. The van der Waals surface area contributed by atoms with Crippen molar-refractivity contribution in [2.75, 3.05) is 6.61 Å². The molecule has 0 saturated heterocycles. The lowest BCUT2D eigenvalue weighted by molar-refractivity contribution is 0.340. The zero-order valence-electron chi connectivity index (χ0n) is 11.6. The zero-order chi connectivity index (χ0) is 15.7. The molecule has 1 aromatic heterocycles. The molecule has 22 heavy (non-hydrogen) atoms. The highest BCUT2D eigenvalue weighted by atomic mass is 79.9. The molecule has 0 aliphatic heterocycles. The number of rotatable bonds is 3. The molecule has 3 rings (SSSR count). The second-order valence-corrected chi connectivity index (χ2v) is 6.37. The van der Waals surface area contributed by atoms with E-state index in [1.165, 1.54) is 0 Å². The largest absolute Gasteiger partial charge is 0.493 e. The van der Waals surface area contributed by atoms with Crippen molar-refractivity contribution in [1.82, 2.24) is 4.98 Å². The lowest BCUT2D eigenvalue weighted by Crippen LogP contribution is -2.04. The Morgan fingerprint density at radius 3 is 2.64 bits per heavy atom. The van der Waals surface area contributed by atoms with Gasteiger partial charge in [-0.2, -0.15) is 0 Å². The molecular weight excluding hydrogens is 414 g/mol. The molecule has 0 aliphatic rings. The lowest BCUT2D eigenvalue weighted by Gasteiger charge is -2.09.